The molecule has 2 aromatic rings. The molecule has 10 heteroatoms. The number of nitro benzene ring substituents is 1. The summed E-state index contributed by atoms with van der Waals surface area (Å²) in [6.45, 7) is 4.17. The highest BCUT2D eigenvalue weighted by Gasteiger charge is 2.30. The zero-order valence-corrected chi connectivity index (χ0v) is 16.8. The molecule has 1 amide bonds. The highest BCUT2D eigenvalue weighted by Crippen LogP contribution is 2.29. The maximum Gasteiger partial charge on any atom is 0.416 e. The fraction of sp³-hybridized carbons (Fsp3) is 0.381. The van der Waals surface area contributed by atoms with Gasteiger partial charge in [0.15, 0.2) is 0 Å². The minimum absolute atomic E-state index is 0.0815. The predicted molar refractivity (Wildman–Crippen MR) is 110 cm³/mol. The molecule has 2 aromatic carbocycles. The molecule has 0 spiro atoms. The van der Waals surface area contributed by atoms with Gasteiger partial charge in [-0.1, -0.05) is 18.2 Å². The maximum atomic E-state index is 12.7. The van der Waals surface area contributed by atoms with Crippen LogP contribution in [0.5, 0.6) is 0 Å². The topological polar surface area (TPSA) is 78.7 Å². The minimum atomic E-state index is -4.33. The Morgan fingerprint density at radius 1 is 1.03 bits per heavy atom. The average molecular weight is 436 g/mol. The third kappa shape index (κ3) is 6.76. The van der Waals surface area contributed by atoms with Gasteiger partial charge in [-0.15, -0.1) is 0 Å². The van der Waals surface area contributed by atoms with Gasteiger partial charge in [0, 0.05) is 63.5 Å². The summed E-state index contributed by atoms with van der Waals surface area (Å²) in [6.07, 6.45) is -4.06. The maximum absolute atomic E-state index is 12.7. The van der Waals surface area contributed by atoms with Crippen molar-refractivity contribution in [3.8, 4) is 0 Å². The Morgan fingerprint density at radius 3 is 2.29 bits per heavy atom. The Kier molecular flexibility index (Phi) is 7.24. The van der Waals surface area contributed by atoms with Crippen LogP contribution in [0.2, 0.25) is 0 Å². The van der Waals surface area contributed by atoms with Crippen molar-refractivity contribution in [2.75, 3.05) is 38.0 Å². The van der Waals surface area contributed by atoms with Crippen molar-refractivity contribution in [1.29, 1.82) is 0 Å². The van der Waals surface area contributed by atoms with Crippen molar-refractivity contribution >= 4 is 17.3 Å². The first-order valence-electron chi connectivity index (χ1n) is 9.86. The number of non-ortho nitro benzene ring substituents is 1. The van der Waals surface area contributed by atoms with E-state index in [1.807, 2.05) is 0 Å². The molecule has 166 valence electrons. The predicted octanol–water partition coefficient (Wildman–Crippen LogP) is 3.76. The highest BCUT2D eigenvalue weighted by atomic mass is 19.4. The van der Waals surface area contributed by atoms with Crippen LogP contribution in [0.1, 0.15) is 17.5 Å². The molecule has 31 heavy (non-hydrogen) atoms. The van der Waals surface area contributed by atoms with Crippen LogP contribution in [0, 0.1) is 10.1 Å². The molecule has 1 N–H and O–H groups in total. The molecule has 0 aromatic heterocycles. The number of piperazine rings is 1. The molecular weight excluding hydrogens is 413 g/mol. The van der Waals surface area contributed by atoms with E-state index >= 15 is 0 Å². The van der Waals surface area contributed by atoms with Gasteiger partial charge in [0.1, 0.15) is 0 Å². The van der Waals surface area contributed by atoms with E-state index in [4.69, 9.17) is 0 Å². The number of alkyl halides is 3. The Bertz CT molecular complexity index is 911. The molecular formula is C21H23F3N4O3. The summed E-state index contributed by atoms with van der Waals surface area (Å²) in [5.74, 6) is -0.215. The summed E-state index contributed by atoms with van der Waals surface area (Å²) >= 11 is 0. The lowest BCUT2D eigenvalue weighted by atomic mass is 10.1. The molecule has 0 bridgehead atoms. The minimum Gasteiger partial charge on any atom is -0.326 e. The Morgan fingerprint density at radius 2 is 1.68 bits per heavy atom. The van der Waals surface area contributed by atoms with Gasteiger partial charge in [0.25, 0.3) is 5.69 Å². The van der Waals surface area contributed by atoms with Crippen LogP contribution >= 0.6 is 0 Å². The van der Waals surface area contributed by atoms with Crippen LogP contribution in [0.4, 0.5) is 24.5 Å². The SMILES string of the molecule is O=C(CCN1CCN(Cc2ccc(C(F)(F)F)cc2)CC1)Nc1cccc([N+](=O)[O-])c1. The molecule has 3 rings (SSSR count). The zero-order valence-electron chi connectivity index (χ0n) is 16.8. The first kappa shape index (κ1) is 22.7. The number of amides is 1. The van der Waals surface area contributed by atoms with E-state index in [2.05, 4.69) is 15.1 Å². The number of carbonyl (C=O) groups excluding carboxylic acids is 1. The van der Waals surface area contributed by atoms with Crippen LogP contribution in [0.25, 0.3) is 0 Å². The Hall–Kier alpha value is -2.98. The molecule has 0 atom stereocenters. The number of carbonyl (C=O) groups is 1. The van der Waals surface area contributed by atoms with E-state index in [0.29, 0.717) is 18.8 Å². The molecule has 1 aliphatic rings. The van der Waals surface area contributed by atoms with Crippen LogP contribution in [-0.4, -0.2) is 53.4 Å². The highest BCUT2D eigenvalue weighted by molar-refractivity contribution is 5.91. The van der Waals surface area contributed by atoms with Crippen LogP contribution in [-0.2, 0) is 17.5 Å². The van der Waals surface area contributed by atoms with Gasteiger partial charge < -0.3 is 10.2 Å². The number of halogens is 3. The molecule has 0 radical (unpaired) electrons. The van der Waals surface area contributed by atoms with Crippen molar-refractivity contribution < 1.29 is 22.9 Å². The lowest BCUT2D eigenvalue weighted by Gasteiger charge is -2.34. The van der Waals surface area contributed by atoms with E-state index in [0.717, 1.165) is 43.9 Å². The smallest absolute Gasteiger partial charge is 0.326 e. The van der Waals surface area contributed by atoms with Crippen molar-refractivity contribution in [2.24, 2.45) is 0 Å². The lowest BCUT2D eigenvalue weighted by molar-refractivity contribution is -0.384. The summed E-state index contributed by atoms with van der Waals surface area (Å²) in [7, 11) is 0. The van der Waals surface area contributed by atoms with Crippen LogP contribution < -0.4 is 5.32 Å². The average Bonchev–Trinajstić information content (AvgIpc) is 2.73. The number of anilines is 1. The Balaban J connectivity index is 1.39. The molecule has 1 aliphatic heterocycles. The normalized spacial score (nSPS) is 15.6. The van der Waals surface area contributed by atoms with E-state index in [-0.39, 0.29) is 18.0 Å². The van der Waals surface area contributed by atoms with E-state index < -0.39 is 16.7 Å². The number of benzene rings is 2. The lowest BCUT2D eigenvalue weighted by Crippen LogP contribution is -2.46. The summed E-state index contributed by atoms with van der Waals surface area (Å²) in [4.78, 5) is 26.8. The second-order valence-electron chi connectivity index (χ2n) is 7.42. The number of hydrogen-bond donors (Lipinski definition) is 1. The Labute approximate surface area is 177 Å². The third-order valence-electron chi connectivity index (χ3n) is 5.15. The first-order chi connectivity index (χ1) is 14.7. The van der Waals surface area contributed by atoms with Gasteiger partial charge in [-0.3, -0.25) is 19.8 Å². The van der Waals surface area contributed by atoms with Gasteiger partial charge >= 0.3 is 6.18 Å². The van der Waals surface area contributed by atoms with E-state index in [9.17, 15) is 28.1 Å². The molecule has 1 saturated heterocycles. The van der Waals surface area contributed by atoms with Crippen molar-refractivity contribution in [1.82, 2.24) is 9.80 Å². The zero-order chi connectivity index (χ0) is 22.4. The quantitative estimate of drug-likeness (QED) is 0.528. The second kappa shape index (κ2) is 9.88. The molecule has 1 heterocycles. The summed E-state index contributed by atoms with van der Waals surface area (Å²) < 4.78 is 38.0. The summed E-state index contributed by atoms with van der Waals surface area (Å²) in [5.41, 5.74) is 0.491. The monoisotopic (exact) mass is 436 g/mol. The first-order valence-corrected chi connectivity index (χ1v) is 9.86. The summed E-state index contributed by atoms with van der Waals surface area (Å²) in [6, 6.07) is 11.0. The van der Waals surface area contributed by atoms with Gasteiger partial charge in [-0.2, -0.15) is 13.2 Å². The van der Waals surface area contributed by atoms with Gasteiger partial charge in [-0.25, -0.2) is 0 Å². The van der Waals surface area contributed by atoms with Crippen LogP contribution in [0.3, 0.4) is 0 Å². The third-order valence-corrected chi connectivity index (χ3v) is 5.15. The number of nitrogens with zero attached hydrogens (tertiary/aromatic N) is 3. The van der Waals surface area contributed by atoms with Crippen molar-refractivity contribution in [3.63, 3.8) is 0 Å². The second-order valence-corrected chi connectivity index (χ2v) is 7.42. The molecule has 1 fully saturated rings. The van der Waals surface area contributed by atoms with Crippen molar-refractivity contribution in [2.45, 2.75) is 19.1 Å². The number of rotatable bonds is 7. The largest absolute Gasteiger partial charge is 0.416 e. The molecule has 0 saturated carbocycles. The fourth-order valence-electron chi connectivity index (χ4n) is 3.41. The standard InChI is InChI=1S/C21H23F3N4O3/c22-21(23,24)17-6-4-16(5-7-17)15-27-12-10-26(11-13-27)9-8-20(29)25-18-2-1-3-19(14-18)28(30)31/h1-7,14H,8-13,15H2,(H,25,29). The van der Waals surface area contributed by atoms with Gasteiger partial charge in [0.05, 0.1) is 10.5 Å². The van der Waals surface area contributed by atoms with E-state index in [1.165, 1.54) is 30.3 Å². The van der Waals surface area contributed by atoms with Gasteiger partial charge in [-0.05, 0) is 23.8 Å². The molecule has 7 nitrogen and oxygen atoms in total. The summed E-state index contributed by atoms with van der Waals surface area (Å²) in [5, 5.41) is 13.5. The van der Waals surface area contributed by atoms with Gasteiger partial charge in [0.2, 0.25) is 5.91 Å². The number of hydrogen-bond acceptors (Lipinski definition) is 5. The number of nitro groups is 1. The number of nitrogens with one attached hydrogen (secondary N) is 1. The fourth-order valence-corrected chi connectivity index (χ4v) is 3.41. The molecule has 0 aliphatic carbocycles. The van der Waals surface area contributed by atoms with Crippen molar-refractivity contribution in [3.05, 3.63) is 69.8 Å². The van der Waals surface area contributed by atoms with E-state index in [1.54, 1.807) is 6.07 Å². The van der Waals surface area contributed by atoms with Crippen LogP contribution in [0.15, 0.2) is 48.5 Å². The molecule has 0 unspecified atom stereocenters.